The molecule has 0 saturated carbocycles. The molecule has 0 spiro atoms. The minimum Gasteiger partial charge on any atom is -0.451 e. The minimum atomic E-state index is -0.819. The maximum absolute atomic E-state index is 12.6. The van der Waals surface area contributed by atoms with Crippen LogP contribution < -0.4 is 0 Å². The number of aromatic nitrogens is 2. The van der Waals surface area contributed by atoms with Crippen LogP contribution in [0.3, 0.4) is 0 Å². The van der Waals surface area contributed by atoms with Crippen LogP contribution in [0.4, 0.5) is 0 Å². The molecule has 0 aliphatic rings. The van der Waals surface area contributed by atoms with Gasteiger partial charge in [0, 0.05) is 16.8 Å². The Labute approximate surface area is 156 Å². The highest BCUT2D eigenvalue weighted by molar-refractivity contribution is 6.30. The van der Waals surface area contributed by atoms with E-state index in [2.05, 4.69) is 5.10 Å². The predicted octanol–water partition coefficient (Wildman–Crippen LogP) is 4.33. The first-order valence-corrected chi connectivity index (χ1v) is 8.46. The third kappa shape index (κ3) is 3.83. The normalized spacial score (nSPS) is 11.8. The number of ether oxygens (including phenoxy) is 1. The predicted molar refractivity (Wildman–Crippen MR) is 99.6 cm³/mol. The molecule has 1 unspecified atom stereocenters. The number of Topliss-reactive ketones (excluding diaryl/α,β-unsaturated/α-hetero) is 1. The molecule has 1 aromatic heterocycles. The van der Waals surface area contributed by atoms with Gasteiger partial charge in [-0.3, -0.25) is 4.79 Å². The van der Waals surface area contributed by atoms with Crippen molar-refractivity contribution in [1.82, 2.24) is 9.78 Å². The molecule has 1 heterocycles. The molecule has 0 fully saturated rings. The van der Waals surface area contributed by atoms with Gasteiger partial charge in [-0.1, -0.05) is 41.9 Å². The second kappa shape index (κ2) is 7.54. The van der Waals surface area contributed by atoms with Crippen molar-refractivity contribution in [3.63, 3.8) is 0 Å². The fourth-order valence-corrected chi connectivity index (χ4v) is 2.49. The zero-order valence-corrected chi connectivity index (χ0v) is 15.1. The van der Waals surface area contributed by atoms with Crippen molar-refractivity contribution in [2.24, 2.45) is 0 Å². The topological polar surface area (TPSA) is 61.2 Å². The number of ketones is 1. The summed E-state index contributed by atoms with van der Waals surface area (Å²) in [5, 5.41) is 5.13. The first kappa shape index (κ1) is 17.9. The van der Waals surface area contributed by atoms with Crippen molar-refractivity contribution >= 4 is 23.4 Å². The quantitative estimate of drug-likeness (QED) is 0.629. The van der Waals surface area contributed by atoms with Crippen LogP contribution in [0.15, 0.2) is 60.8 Å². The van der Waals surface area contributed by atoms with E-state index in [0.717, 1.165) is 11.3 Å². The van der Waals surface area contributed by atoms with E-state index >= 15 is 0 Å². The maximum atomic E-state index is 12.6. The Hall–Kier alpha value is -2.92. The van der Waals surface area contributed by atoms with E-state index in [1.54, 1.807) is 42.1 Å². The van der Waals surface area contributed by atoms with Gasteiger partial charge < -0.3 is 4.74 Å². The Kier molecular flexibility index (Phi) is 5.19. The van der Waals surface area contributed by atoms with Gasteiger partial charge in [-0.05, 0) is 38.1 Å². The van der Waals surface area contributed by atoms with Crippen LogP contribution in [0.25, 0.3) is 16.9 Å². The highest BCUT2D eigenvalue weighted by Gasteiger charge is 2.23. The first-order chi connectivity index (χ1) is 12.5. The van der Waals surface area contributed by atoms with Crippen LogP contribution in [-0.2, 0) is 9.53 Å². The molecule has 0 N–H and O–H groups in total. The molecule has 0 amide bonds. The zero-order valence-electron chi connectivity index (χ0n) is 14.3. The molecular formula is C20H17ClN2O3. The number of para-hydroxylation sites is 1. The monoisotopic (exact) mass is 368 g/mol. The zero-order chi connectivity index (χ0) is 18.7. The average Bonchev–Trinajstić information content (AvgIpc) is 3.08. The lowest BCUT2D eigenvalue weighted by Crippen LogP contribution is -2.22. The Morgan fingerprint density at radius 2 is 1.73 bits per heavy atom. The summed E-state index contributed by atoms with van der Waals surface area (Å²) in [5.41, 5.74) is 2.28. The molecule has 0 radical (unpaired) electrons. The minimum absolute atomic E-state index is 0.221. The van der Waals surface area contributed by atoms with E-state index in [9.17, 15) is 9.59 Å². The van der Waals surface area contributed by atoms with Crippen LogP contribution in [0, 0.1) is 0 Å². The summed E-state index contributed by atoms with van der Waals surface area (Å²) in [6, 6.07) is 16.5. The molecule has 26 heavy (non-hydrogen) atoms. The van der Waals surface area contributed by atoms with E-state index in [1.807, 2.05) is 30.3 Å². The summed E-state index contributed by atoms with van der Waals surface area (Å²) in [6.07, 6.45) is 0.787. The smallest absolute Gasteiger partial charge is 0.342 e. The molecule has 132 valence electrons. The fraction of sp³-hybridized carbons (Fsp3) is 0.150. The molecular weight excluding hydrogens is 352 g/mol. The molecule has 0 saturated heterocycles. The van der Waals surface area contributed by atoms with Crippen LogP contribution >= 0.6 is 11.6 Å². The number of carbonyl (C=O) groups is 2. The number of benzene rings is 2. The molecule has 3 rings (SSSR count). The lowest BCUT2D eigenvalue weighted by Gasteiger charge is -2.09. The summed E-state index contributed by atoms with van der Waals surface area (Å²) in [4.78, 5) is 24.0. The Bertz CT molecular complexity index is 933. The third-order valence-corrected chi connectivity index (χ3v) is 4.18. The first-order valence-electron chi connectivity index (χ1n) is 8.08. The lowest BCUT2D eigenvalue weighted by molar-refractivity contribution is -0.124. The van der Waals surface area contributed by atoms with Gasteiger partial charge in [0.2, 0.25) is 0 Å². The van der Waals surface area contributed by atoms with E-state index in [1.165, 1.54) is 6.92 Å². The van der Waals surface area contributed by atoms with Crippen molar-refractivity contribution in [1.29, 1.82) is 0 Å². The van der Waals surface area contributed by atoms with Gasteiger partial charge in [-0.2, -0.15) is 5.10 Å². The highest BCUT2D eigenvalue weighted by atomic mass is 35.5. The molecule has 5 nitrogen and oxygen atoms in total. The SMILES string of the molecule is CC(=O)C(C)OC(=O)c1cn(-c2ccccc2)nc1-c1ccc(Cl)cc1. The second-order valence-corrected chi connectivity index (χ2v) is 6.27. The van der Waals surface area contributed by atoms with Crippen molar-refractivity contribution in [2.75, 3.05) is 0 Å². The number of hydrogen-bond donors (Lipinski definition) is 0. The highest BCUT2D eigenvalue weighted by Crippen LogP contribution is 2.26. The molecule has 0 aliphatic carbocycles. The average molecular weight is 369 g/mol. The van der Waals surface area contributed by atoms with Crippen molar-refractivity contribution in [2.45, 2.75) is 20.0 Å². The molecule has 3 aromatic rings. The number of esters is 1. The fourth-order valence-electron chi connectivity index (χ4n) is 2.36. The summed E-state index contributed by atoms with van der Waals surface area (Å²) < 4.78 is 6.88. The largest absolute Gasteiger partial charge is 0.451 e. The van der Waals surface area contributed by atoms with Gasteiger partial charge in [0.05, 0.1) is 5.69 Å². The molecule has 0 bridgehead atoms. The van der Waals surface area contributed by atoms with Gasteiger partial charge >= 0.3 is 5.97 Å². The molecule has 0 aliphatic heterocycles. The van der Waals surface area contributed by atoms with Gasteiger partial charge in [-0.25, -0.2) is 9.48 Å². The third-order valence-electron chi connectivity index (χ3n) is 3.93. The van der Waals surface area contributed by atoms with Gasteiger partial charge in [-0.15, -0.1) is 0 Å². The molecule has 6 heteroatoms. The van der Waals surface area contributed by atoms with Gasteiger partial charge in [0.1, 0.15) is 11.3 Å². The van der Waals surface area contributed by atoms with Gasteiger partial charge in [0.25, 0.3) is 0 Å². The number of hydrogen-bond acceptors (Lipinski definition) is 4. The summed E-state index contributed by atoms with van der Waals surface area (Å²) >= 11 is 5.95. The Morgan fingerprint density at radius 3 is 2.35 bits per heavy atom. The standard InChI is InChI=1S/C20H17ClN2O3/c1-13(24)14(2)26-20(25)18-12-23(17-6-4-3-5-7-17)22-19(18)15-8-10-16(21)11-9-15/h3-12,14H,1-2H3. The van der Waals surface area contributed by atoms with Crippen molar-refractivity contribution in [3.8, 4) is 16.9 Å². The number of nitrogens with zero attached hydrogens (tertiary/aromatic N) is 2. The van der Waals surface area contributed by atoms with E-state index < -0.39 is 12.1 Å². The summed E-state index contributed by atoms with van der Waals surface area (Å²) in [5.74, 6) is -0.818. The summed E-state index contributed by atoms with van der Waals surface area (Å²) in [6.45, 7) is 2.93. The Balaban J connectivity index is 2.05. The van der Waals surface area contributed by atoms with Crippen molar-refractivity contribution < 1.29 is 14.3 Å². The van der Waals surface area contributed by atoms with E-state index in [-0.39, 0.29) is 11.3 Å². The summed E-state index contributed by atoms with van der Waals surface area (Å²) in [7, 11) is 0. The van der Waals surface area contributed by atoms with Crippen LogP contribution in [0.5, 0.6) is 0 Å². The number of carbonyl (C=O) groups excluding carboxylic acids is 2. The van der Waals surface area contributed by atoms with Crippen LogP contribution in [0.1, 0.15) is 24.2 Å². The van der Waals surface area contributed by atoms with Crippen LogP contribution in [-0.4, -0.2) is 27.6 Å². The molecule has 1 atom stereocenters. The number of rotatable bonds is 5. The maximum Gasteiger partial charge on any atom is 0.342 e. The van der Waals surface area contributed by atoms with E-state index in [0.29, 0.717) is 10.7 Å². The van der Waals surface area contributed by atoms with Crippen molar-refractivity contribution in [3.05, 3.63) is 71.4 Å². The van der Waals surface area contributed by atoms with Gasteiger partial charge in [0.15, 0.2) is 11.9 Å². The van der Waals surface area contributed by atoms with E-state index in [4.69, 9.17) is 16.3 Å². The second-order valence-electron chi connectivity index (χ2n) is 5.84. The van der Waals surface area contributed by atoms with Crippen LogP contribution in [0.2, 0.25) is 5.02 Å². The Morgan fingerprint density at radius 1 is 1.08 bits per heavy atom. The molecule has 2 aromatic carbocycles. The lowest BCUT2D eigenvalue weighted by atomic mass is 10.1. The number of halogens is 1.